The molecule has 6 aliphatic carbocycles. The SMILES string of the molecule is CC(C)C1=C2C3CCC4C5(C)CCC(OC(=O)CC(C)(C)C(=O)O)C(C)(C)C5CCC4(C)C3(C)CCC2(C=CC(=O)NC2CCCCC2)CC1=O. The van der Waals surface area contributed by atoms with Gasteiger partial charge >= 0.3 is 11.9 Å². The monoisotopic (exact) mass is 705 g/mol. The molecule has 0 spiro atoms. The van der Waals surface area contributed by atoms with E-state index in [1.54, 1.807) is 19.9 Å². The van der Waals surface area contributed by atoms with Crippen LogP contribution in [0.1, 0.15) is 159 Å². The number of carbonyl (C=O) groups is 4. The largest absolute Gasteiger partial charge is 0.481 e. The fraction of sp³-hybridized carbons (Fsp3) is 0.818. The highest BCUT2D eigenvalue weighted by molar-refractivity contribution is 6.01. The predicted molar refractivity (Wildman–Crippen MR) is 199 cm³/mol. The van der Waals surface area contributed by atoms with Gasteiger partial charge in [0.05, 0.1) is 11.8 Å². The van der Waals surface area contributed by atoms with Crippen molar-refractivity contribution in [3.05, 3.63) is 23.3 Å². The van der Waals surface area contributed by atoms with E-state index in [1.165, 1.54) is 24.8 Å². The first-order valence-corrected chi connectivity index (χ1v) is 20.4. The number of fused-ring (bicyclic) bond motifs is 7. The number of carboxylic acid groups (broad SMARTS) is 1. The molecule has 51 heavy (non-hydrogen) atoms. The summed E-state index contributed by atoms with van der Waals surface area (Å²) in [6, 6.07) is 0.261. The molecule has 6 rings (SSSR count). The molecule has 284 valence electrons. The molecule has 0 bridgehead atoms. The molecule has 5 fully saturated rings. The molecule has 0 aromatic carbocycles. The Balaban J connectivity index is 1.27. The van der Waals surface area contributed by atoms with Crippen LogP contribution in [-0.4, -0.2) is 40.9 Å². The van der Waals surface area contributed by atoms with Gasteiger partial charge in [-0.1, -0.05) is 73.8 Å². The van der Waals surface area contributed by atoms with Crippen LogP contribution in [-0.2, 0) is 23.9 Å². The van der Waals surface area contributed by atoms with Gasteiger partial charge < -0.3 is 15.2 Å². The Morgan fingerprint density at radius 2 is 1.57 bits per heavy atom. The lowest BCUT2D eigenvalue weighted by Gasteiger charge is -2.72. The van der Waals surface area contributed by atoms with Crippen molar-refractivity contribution >= 4 is 23.6 Å². The van der Waals surface area contributed by atoms with Crippen molar-refractivity contribution in [1.29, 1.82) is 0 Å². The molecule has 0 aliphatic heterocycles. The van der Waals surface area contributed by atoms with Crippen molar-refractivity contribution in [2.75, 3.05) is 0 Å². The van der Waals surface area contributed by atoms with E-state index in [2.05, 4.69) is 59.9 Å². The number of ether oxygens (including phenoxy) is 1. The zero-order valence-electron chi connectivity index (χ0n) is 33.2. The van der Waals surface area contributed by atoms with E-state index < -0.39 is 17.4 Å². The fourth-order valence-electron chi connectivity index (χ4n) is 13.4. The second-order valence-corrected chi connectivity index (χ2v) is 20.2. The predicted octanol–water partition coefficient (Wildman–Crippen LogP) is 9.38. The highest BCUT2D eigenvalue weighted by Crippen LogP contribution is 2.77. The van der Waals surface area contributed by atoms with Crippen LogP contribution >= 0.6 is 0 Å². The quantitative estimate of drug-likeness (QED) is 0.192. The van der Waals surface area contributed by atoms with Crippen LogP contribution in [0.2, 0.25) is 0 Å². The van der Waals surface area contributed by atoms with E-state index in [0.717, 1.165) is 69.8 Å². The van der Waals surface area contributed by atoms with Gasteiger partial charge in [-0.2, -0.15) is 0 Å². The first-order valence-electron chi connectivity index (χ1n) is 20.4. The number of esters is 1. The second kappa shape index (κ2) is 13.1. The van der Waals surface area contributed by atoms with Gasteiger partial charge in [0, 0.05) is 23.3 Å². The number of hydrogen-bond donors (Lipinski definition) is 2. The lowest BCUT2D eigenvalue weighted by molar-refractivity contribution is -0.232. The third-order valence-electron chi connectivity index (χ3n) is 16.4. The van der Waals surface area contributed by atoms with E-state index in [4.69, 9.17) is 4.74 Å². The summed E-state index contributed by atoms with van der Waals surface area (Å²) in [4.78, 5) is 52.0. The number of hydrogen-bond acceptors (Lipinski definition) is 5. The maximum absolute atomic E-state index is 14.0. The summed E-state index contributed by atoms with van der Waals surface area (Å²) in [5, 5.41) is 12.9. The summed E-state index contributed by atoms with van der Waals surface area (Å²) in [5.74, 6) is 0.233. The average Bonchev–Trinajstić information content (AvgIpc) is 3.34. The Labute approximate surface area is 307 Å². The number of carbonyl (C=O) groups excluding carboxylic acids is 3. The van der Waals surface area contributed by atoms with Gasteiger partial charge in [-0.25, -0.2) is 0 Å². The van der Waals surface area contributed by atoms with Crippen LogP contribution in [0.4, 0.5) is 0 Å². The van der Waals surface area contributed by atoms with E-state index in [-0.39, 0.29) is 63.2 Å². The molecular formula is C44H67NO6. The highest BCUT2D eigenvalue weighted by Gasteiger charge is 2.70. The Kier molecular flexibility index (Phi) is 9.87. The standard InChI is InChI=1S/C44H67NO6/c1-27(2)36-30(46)25-44(22-19-34(47)45-28-13-11-10-12-14-28)24-23-42(8)29(37(36)44)15-16-32-41(7)20-18-33(51-35(48)26-39(3,4)38(49)50)40(5,6)31(41)17-21-43(32,42)9/h19,22,27-29,31-33H,10-18,20-21,23-26H2,1-9H3,(H,45,47)(H,49,50). The van der Waals surface area contributed by atoms with E-state index in [0.29, 0.717) is 24.2 Å². The Bertz CT molecular complexity index is 1500. The van der Waals surface area contributed by atoms with Crippen LogP contribution in [0.15, 0.2) is 23.3 Å². The Morgan fingerprint density at radius 1 is 0.882 bits per heavy atom. The van der Waals surface area contributed by atoms with E-state index in [1.807, 2.05) is 0 Å². The molecule has 6 aliphatic rings. The molecule has 0 saturated heterocycles. The van der Waals surface area contributed by atoms with Gasteiger partial charge in [0.1, 0.15) is 6.10 Å². The topological polar surface area (TPSA) is 110 Å². The number of amides is 1. The van der Waals surface area contributed by atoms with E-state index >= 15 is 0 Å². The normalized spacial score (nSPS) is 39.6. The molecule has 0 aromatic rings. The zero-order valence-corrected chi connectivity index (χ0v) is 33.2. The number of rotatable bonds is 8. The molecule has 2 N–H and O–H groups in total. The van der Waals surface area contributed by atoms with Crippen molar-refractivity contribution in [2.24, 2.45) is 56.2 Å². The summed E-state index contributed by atoms with van der Waals surface area (Å²) in [5.41, 5.74) is 0.849. The molecule has 8 unspecified atom stereocenters. The number of nitrogens with one attached hydrogen (secondary N) is 1. The minimum atomic E-state index is -1.16. The van der Waals surface area contributed by atoms with Crippen molar-refractivity contribution in [1.82, 2.24) is 5.32 Å². The van der Waals surface area contributed by atoms with Crippen molar-refractivity contribution in [3.63, 3.8) is 0 Å². The zero-order chi connectivity index (χ0) is 37.4. The molecule has 1 amide bonds. The van der Waals surface area contributed by atoms with Gasteiger partial charge in [0.15, 0.2) is 5.78 Å². The maximum Gasteiger partial charge on any atom is 0.309 e. The smallest absolute Gasteiger partial charge is 0.309 e. The third kappa shape index (κ3) is 6.16. The van der Waals surface area contributed by atoms with Gasteiger partial charge in [0.25, 0.3) is 0 Å². The average molecular weight is 706 g/mol. The molecule has 0 heterocycles. The summed E-state index contributed by atoms with van der Waals surface area (Å²) in [6.07, 6.45) is 17.9. The lowest BCUT2D eigenvalue weighted by atomic mass is 9.33. The van der Waals surface area contributed by atoms with Crippen LogP contribution in [0.5, 0.6) is 0 Å². The molecule has 8 atom stereocenters. The first-order chi connectivity index (χ1) is 23.7. The van der Waals surface area contributed by atoms with Gasteiger partial charge in [0.2, 0.25) is 5.91 Å². The molecule has 7 heteroatoms. The number of aliphatic carboxylic acids is 1. The van der Waals surface area contributed by atoms with Gasteiger partial charge in [-0.3, -0.25) is 19.2 Å². The van der Waals surface area contributed by atoms with E-state index in [9.17, 15) is 24.3 Å². The molecular weight excluding hydrogens is 638 g/mol. The Hall–Kier alpha value is -2.44. The van der Waals surface area contributed by atoms with Crippen LogP contribution in [0.25, 0.3) is 0 Å². The van der Waals surface area contributed by atoms with Crippen molar-refractivity contribution in [3.8, 4) is 0 Å². The molecule has 5 saturated carbocycles. The highest BCUT2D eigenvalue weighted by atomic mass is 16.5. The minimum Gasteiger partial charge on any atom is -0.481 e. The van der Waals surface area contributed by atoms with Gasteiger partial charge in [-0.05, 0) is 135 Å². The summed E-state index contributed by atoms with van der Waals surface area (Å²) in [6.45, 7) is 19.7. The van der Waals surface area contributed by atoms with Gasteiger partial charge in [-0.15, -0.1) is 0 Å². The van der Waals surface area contributed by atoms with Crippen LogP contribution < -0.4 is 5.32 Å². The summed E-state index contributed by atoms with van der Waals surface area (Å²) >= 11 is 0. The minimum absolute atomic E-state index is 0.00850. The maximum atomic E-state index is 14.0. The molecule has 7 nitrogen and oxygen atoms in total. The lowest BCUT2D eigenvalue weighted by Crippen LogP contribution is -2.65. The Morgan fingerprint density at radius 3 is 2.22 bits per heavy atom. The summed E-state index contributed by atoms with van der Waals surface area (Å²) in [7, 11) is 0. The second-order valence-electron chi connectivity index (χ2n) is 20.2. The fourth-order valence-corrected chi connectivity index (χ4v) is 13.4. The first kappa shape index (κ1) is 38.3. The number of allylic oxidation sites excluding steroid dienone is 3. The number of Topliss-reactive ketones (excluding diaryl/α,β-unsaturated/α-hetero) is 1. The third-order valence-corrected chi connectivity index (χ3v) is 16.4. The number of carboxylic acids is 1. The summed E-state index contributed by atoms with van der Waals surface area (Å²) < 4.78 is 6.16. The van der Waals surface area contributed by atoms with Crippen LogP contribution in [0.3, 0.4) is 0 Å². The molecule has 0 radical (unpaired) electrons. The van der Waals surface area contributed by atoms with Crippen molar-refractivity contribution in [2.45, 2.75) is 171 Å². The number of ketones is 1. The molecule has 0 aromatic heterocycles. The van der Waals surface area contributed by atoms with Crippen LogP contribution in [0, 0.1) is 56.2 Å². The van der Waals surface area contributed by atoms with Crippen molar-refractivity contribution < 1.29 is 29.0 Å².